The molecule has 3 rings (SSSR count). The van der Waals surface area contributed by atoms with Crippen LogP contribution < -0.4 is 4.74 Å². The number of hydrogen-bond acceptors (Lipinski definition) is 2. The first-order valence-corrected chi connectivity index (χ1v) is 8.42. The fraction of sp³-hybridized carbons (Fsp3) is 0.235. The molecule has 150 valence electrons. The van der Waals surface area contributed by atoms with Crippen LogP contribution in [0.25, 0.3) is 11.0 Å². The molecular weight excluding hydrogens is 433 g/mol. The maximum Gasteiger partial charge on any atom is 0.573 e. The third kappa shape index (κ3) is 5.02. The van der Waals surface area contributed by atoms with Crippen LogP contribution in [-0.2, 0) is 13.0 Å². The molecule has 0 atom stereocenters. The normalized spacial score (nSPS) is 12.6. The topological polar surface area (TPSA) is 27.1 Å². The van der Waals surface area contributed by atoms with Gasteiger partial charge < -0.3 is 9.30 Å². The van der Waals surface area contributed by atoms with Crippen LogP contribution >= 0.6 is 23.2 Å². The van der Waals surface area contributed by atoms with E-state index in [4.69, 9.17) is 23.2 Å². The monoisotopic (exact) mass is 442 g/mol. The van der Waals surface area contributed by atoms with Gasteiger partial charge in [-0.1, -0.05) is 35.3 Å². The second kappa shape index (κ2) is 7.36. The first-order chi connectivity index (χ1) is 12.9. The van der Waals surface area contributed by atoms with E-state index in [0.717, 1.165) is 12.1 Å². The Hall–Kier alpha value is -2.13. The molecule has 2 aromatic carbocycles. The first-order valence-electron chi connectivity index (χ1n) is 7.67. The Kier molecular flexibility index (Phi) is 5.42. The van der Waals surface area contributed by atoms with Crippen molar-refractivity contribution < 1.29 is 31.1 Å². The van der Waals surface area contributed by atoms with E-state index in [1.807, 2.05) is 0 Å². The molecule has 28 heavy (non-hydrogen) atoms. The number of halogens is 8. The van der Waals surface area contributed by atoms with Crippen molar-refractivity contribution in [1.29, 1.82) is 0 Å². The molecule has 0 saturated carbocycles. The molecule has 0 saturated heterocycles. The fourth-order valence-electron chi connectivity index (χ4n) is 2.64. The molecular formula is C17H10Cl2F6N2O. The van der Waals surface area contributed by atoms with Gasteiger partial charge in [0, 0.05) is 6.54 Å². The lowest BCUT2D eigenvalue weighted by Crippen LogP contribution is -2.17. The van der Waals surface area contributed by atoms with Gasteiger partial charge in [0.15, 0.2) is 0 Å². The third-order valence-corrected chi connectivity index (χ3v) is 4.45. The maximum absolute atomic E-state index is 12.9. The van der Waals surface area contributed by atoms with Crippen molar-refractivity contribution in [3.63, 3.8) is 0 Å². The molecule has 1 aromatic heterocycles. The summed E-state index contributed by atoms with van der Waals surface area (Å²) in [5, 5.41) is 0.286. The smallest absolute Gasteiger partial charge is 0.406 e. The Bertz CT molecular complexity index is 996. The summed E-state index contributed by atoms with van der Waals surface area (Å²) in [7, 11) is 0. The van der Waals surface area contributed by atoms with Crippen molar-refractivity contribution in [3.8, 4) is 5.75 Å². The molecule has 3 nitrogen and oxygen atoms in total. The van der Waals surface area contributed by atoms with Crippen LogP contribution in [0.2, 0.25) is 10.0 Å². The minimum absolute atomic E-state index is 0.0633. The number of aromatic nitrogens is 2. The molecule has 0 N–H and O–H groups in total. The van der Waals surface area contributed by atoms with Crippen LogP contribution in [0.15, 0.2) is 36.4 Å². The van der Waals surface area contributed by atoms with E-state index in [1.165, 1.54) is 28.8 Å². The number of nitrogens with zero attached hydrogens (tertiary/aromatic N) is 2. The fourth-order valence-corrected chi connectivity index (χ4v) is 2.96. The Balaban J connectivity index is 1.98. The Morgan fingerprint density at radius 2 is 1.54 bits per heavy atom. The molecule has 0 amide bonds. The van der Waals surface area contributed by atoms with E-state index in [-0.39, 0.29) is 27.9 Å². The van der Waals surface area contributed by atoms with Crippen molar-refractivity contribution >= 4 is 34.2 Å². The maximum atomic E-state index is 12.9. The van der Waals surface area contributed by atoms with Gasteiger partial charge in [-0.3, -0.25) is 0 Å². The molecule has 11 heteroatoms. The van der Waals surface area contributed by atoms with Gasteiger partial charge in [-0.15, -0.1) is 13.2 Å². The quantitative estimate of drug-likeness (QED) is 0.437. The zero-order valence-corrected chi connectivity index (χ0v) is 15.2. The predicted molar refractivity (Wildman–Crippen MR) is 91.7 cm³/mol. The lowest BCUT2D eigenvalue weighted by atomic mass is 10.2. The number of hydrogen-bond donors (Lipinski definition) is 0. The third-order valence-electron chi connectivity index (χ3n) is 3.73. The van der Waals surface area contributed by atoms with Crippen LogP contribution in [0.1, 0.15) is 11.4 Å². The molecule has 0 spiro atoms. The van der Waals surface area contributed by atoms with Gasteiger partial charge in [0.2, 0.25) is 0 Å². The number of imidazole rings is 1. The van der Waals surface area contributed by atoms with Crippen LogP contribution in [-0.4, -0.2) is 22.1 Å². The molecule has 3 aromatic rings. The molecule has 0 unspecified atom stereocenters. The molecule has 1 heterocycles. The number of alkyl halides is 6. The van der Waals surface area contributed by atoms with Crippen LogP contribution in [0.5, 0.6) is 5.75 Å². The summed E-state index contributed by atoms with van der Waals surface area (Å²) in [6.45, 7) is -0.0633. The SMILES string of the molecule is FC(F)(F)Cc1nc2cc(Cl)c(Cl)cc2n1Cc1ccc(OC(F)(F)F)cc1. The van der Waals surface area contributed by atoms with Crippen molar-refractivity contribution in [2.45, 2.75) is 25.5 Å². The highest BCUT2D eigenvalue weighted by atomic mass is 35.5. The standard InChI is InChI=1S/C17H10Cl2F6N2O/c18-11-5-13-14(6-12(11)19)27(15(26-13)7-16(20,21)22)8-9-1-3-10(4-2-9)28-17(23,24)25/h1-6H,7-8H2. The Morgan fingerprint density at radius 3 is 2.11 bits per heavy atom. The zero-order chi connectivity index (χ0) is 20.7. The predicted octanol–water partition coefficient (Wildman–Crippen LogP) is 6.39. The van der Waals surface area contributed by atoms with Crippen molar-refractivity contribution in [2.24, 2.45) is 0 Å². The molecule has 0 fully saturated rings. The van der Waals surface area contributed by atoms with E-state index in [0.29, 0.717) is 11.1 Å². The van der Waals surface area contributed by atoms with E-state index < -0.39 is 24.7 Å². The largest absolute Gasteiger partial charge is 0.573 e. The average Bonchev–Trinajstić information content (AvgIpc) is 2.83. The van der Waals surface area contributed by atoms with E-state index in [1.54, 1.807) is 0 Å². The number of ether oxygens (including phenoxy) is 1. The summed E-state index contributed by atoms with van der Waals surface area (Å²) < 4.78 is 80.6. The lowest BCUT2D eigenvalue weighted by Gasteiger charge is -2.13. The zero-order valence-electron chi connectivity index (χ0n) is 13.7. The number of fused-ring (bicyclic) bond motifs is 1. The molecule has 0 bridgehead atoms. The minimum Gasteiger partial charge on any atom is -0.406 e. The van der Waals surface area contributed by atoms with Gasteiger partial charge in [0.25, 0.3) is 0 Å². The Labute approximate surface area is 164 Å². The average molecular weight is 443 g/mol. The van der Waals surface area contributed by atoms with Crippen LogP contribution in [0.3, 0.4) is 0 Å². The number of benzene rings is 2. The molecule has 0 radical (unpaired) electrons. The second-order valence-electron chi connectivity index (χ2n) is 5.85. The van der Waals surface area contributed by atoms with Crippen LogP contribution in [0.4, 0.5) is 26.3 Å². The summed E-state index contributed by atoms with van der Waals surface area (Å²) in [5.74, 6) is -0.700. The van der Waals surface area contributed by atoms with Gasteiger partial charge in [0.05, 0.1) is 21.1 Å². The Morgan fingerprint density at radius 1 is 0.929 bits per heavy atom. The highest BCUT2D eigenvalue weighted by molar-refractivity contribution is 6.42. The van der Waals surface area contributed by atoms with Gasteiger partial charge in [0.1, 0.15) is 18.0 Å². The molecule has 0 aliphatic carbocycles. The van der Waals surface area contributed by atoms with Crippen molar-refractivity contribution in [2.75, 3.05) is 0 Å². The summed E-state index contributed by atoms with van der Waals surface area (Å²) in [6.07, 6.45) is -10.6. The molecule has 0 aliphatic rings. The summed E-state index contributed by atoms with van der Waals surface area (Å²) in [4.78, 5) is 3.99. The van der Waals surface area contributed by atoms with Crippen molar-refractivity contribution in [3.05, 3.63) is 57.8 Å². The minimum atomic E-state index is -4.84. The van der Waals surface area contributed by atoms with E-state index >= 15 is 0 Å². The second-order valence-corrected chi connectivity index (χ2v) is 6.67. The number of rotatable bonds is 4. The molecule has 0 aliphatic heterocycles. The lowest BCUT2D eigenvalue weighted by molar-refractivity contribution is -0.274. The summed E-state index contributed by atoms with van der Waals surface area (Å²) in [6, 6.07) is 7.55. The summed E-state index contributed by atoms with van der Waals surface area (Å²) in [5.41, 5.74) is 0.998. The van der Waals surface area contributed by atoms with E-state index in [9.17, 15) is 26.3 Å². The first kappa shape index (κ1) is 20.6. The highest BCUT2D eigenvalue weighted by Gasteiger charge is 2.32. The highest BCUT2D eigenvalue weighted by Crippen LogP contribution is 2.31. The van der Waals surface area contributed by atoms with Gasteiger partial charge in [-0.2, -0.15) is 13.2 Å². The van der Waals surface area contributed by atoms with E-state index in [2.05, 4.69) is 9.72 Å². The van der Waals surface area contributed by atoms with Crippen LogP contribution in [0, 0.1) is 0 Å². The van der Waals surface area contributed by atoms with Gasteiger partial charge >= 0.3 is 12.5 Å². The van der Waals surface area contributed by atoms with Gasteiger partial charge in [-0.05, 0) is 29.8 Å². The summed E-state index contributed by atoms with van der Waals surface area (Å²) >= 11 is 11.9. The van der Waals surface area contributed by atoms with Gasteiger partial charge in [-0.25, -0.2) is 4.98 Å². The van der Waals surface area contributed by atoms with Crippen molar-refractivity contribution in [1.82, 2.24) is 9.55 Å².